The van der Waals surface area contributed by atoms with Gasteiger partial charge in [0.15, 0.2) is 0 Å². The molecule has 1 aliphatic heterocycles. The summed E-state index contributed by atoms with van der Waals surface area (Å²) in [7, 11) is 0. The lowest BCUT2D eigenvalue weighted by molar-refractivity contribution is -0.143. The topological polar surface area (TPSA) is 66.6 Å². The molecule has 4 nitrogen and oxygen atoms in total. The van der Waals surface area contributed by atoms with E-state index < -0.39 is 11.5 Å². The van der Waals surface area contributed by atoms with Crippen LogP contribution in [0.15, 0.2) is 0 Å². The van der Waals surface area contributed by atoms with Crippen LogP contribution in [0.2, 0.25) is 0 Å². The van der Waals surface area contributed by atoms with Gasteiger partial charge in [0.1, 0.15) is 5.54 Å². The average molecular weight is 254 g/mol. The number of hydrogen-bond donors (Lipinski definition) is 2. The third-order valence-electron chi connectivity index (χ3n) is 4.81. The second kappa shape index (κ2) is 5.57. The smallest absolute Gasteiger partial charge is 0.323 e. The van der Waals surface area contributed by atoms with Crippen LogP contribution in [0.5, 0.6) is 0 Å². The van der Waals surface area contributed by atoms with Crippen LogP contribution in [-0.2, 0) is 4.79 Å². The monoisotopic (exact) mass is 254 g/mol. The molecule has 2 rings (SSSR count). The Balaban J connectivity index is 1.79. The summed E-state index contributed by atoms with van der Waals surface area (Å²) in [5.74, 6) is 0.884. The van der Waals surface area contributed by atoms with Crippen LogP contribution in [0.4, 0.5) is 0 Å². The molecule has 0 amide bonds. The molecular formula is C14H26N2O2. The predicted octanol–water partition coefficient (Wildman–Crippen LogP) is 1.69. The largest absolute Gasteiger partial charge is 0.480 e. The summed E-state index contributed by atoms with van der Waals surface area (Å²) in [6.07, 6.45) is 7.38. The maximum atomic E-state index is 11.0. The van der Waals surface area contributed by atoms with E-state index in [0.29, 0.717) is 6.42 Å². The fourth-order valence-corrected chi connectivity index (χ4v) is 3.38. The van der Waals surface area contributed by atoms with Crippen molar-refractivity contribution in [2.24, 2.45) is 17.6 Å². The van der Waals surface area contributed by atoms with E-state index in [-0.39, 0.29) is 0 Å². The van der Waals surface area contributed by atoms with Crippen LogP contribution in [0.25, 0.3) is 0 Å². The van der Waals surface area contributed by atoms with E-state index in [9.17, 15) is 4.79 Å². The first-order valence-electron chi connectivity index (χ1n) is 7.23. The van der Waals surface area contributed by atoms with Gasteiger partial charge in [-0.05, 0) is 44.6 Å². The fourth-order valence-electron chi connectivity index (χ4n) is 3.38. The summed E-state index contributed by atoms with van der Waals surface area (Å²) in [6.45, 7) is 4.71. The van der Waals surface area contributed by atoms with Crippen molar-refractivity contribution in [1.82, 2.24) is 4.90 Å². The molecule has 4 heteroatoms. The number of nitrogens with two attached hydrogens (primary N) is 1. The van der Waals surface area contributed by atoms with Crippen molar-refractivity contribution in [2.75, 3.05) is 19.6 Å². The summed E-state index contributed by atoms with van der Waals surface area (Å²) < 4.78 is 0. The standard InChI is InChI=1S/C14H26N2O2/c1-14(15,13(17)18)7-9-16-8-6-11-4-2-3-5-12(11)10-16/h11-12H,2-10,15H2,1H3,(H,17,18). The van der Waals surface area contributed by atoms with Crippen molar-refractivity contribution in [3.05, 3.63) is 0 Å². The summed E-state index contributed by atoms with van der Waals surface area (Å²) in [5.41, 5.74) is 4.70. The lowest BCUT2D eigenvalue weighted by Gasteiger charge is -2.41. The van der Waals surface area contributed by atoms with Gasteiger partial charge in [-0.2, -0.15) is 0 Å². The minimum atomic E-state index is -1.08. The molecule has 2 fully saturated rings. The number of carbonyl (C=O) groups is 1. The van der Waals surface area contributed by atoms with E-state index >= 15 is 0 Å². The summed E-state index contributed by atoms with van der Waals surface area (Å²) >= 11 is 0. The molecule has 0 aromatic rings. The van der Waals surface area contributed by atoms with Gasteiger partial charge in [0.05, 0.1) is 0 Å². The number of rotatable bonds is 4. The quantitative estimate of drug-likeness (QED) is 0.801. The van der Waals surface area contributed by atoms with Crippen molar-refractivity contribution in [3.8, 4) is 0 Å². The molecule has 1 heterocycles. The molecule has 0 radical (unpaired) electrons. The zero-order valence-electron chi connectivity index (χ0n) is 11.4. The summed E-state index contributed by atoms with van der Waals surface area (Å²) in [4.78, 5) is 13.4. The Bertz CT molecular complexity index is 304. The minimum Gasteiger partial charge on any atom is -0.480 e. The van der Waals surface area contributed by atoms with Crippen LogP contribution in [0.1, 0.15) is 45.4 Å². The van der Waals surface area contributed by atoms with Crippen molar-refractivity contribution in [2.45, 2.75) is 51.0 Å². The van der Waals surface area contributed by atoms with E-state index in [1.165, 1.54) is 32.1 Å². The van der Waals surface area contributed by atoms with E-state index in [4.69, 9.17) is 10.8 Å². The Morgan fingerprint density at radius 1 is 1.33 bits per heavy atom. The van der Waals surface area contributed by atoms with Crippen LogP contribution >= 0.6 is 0 Å². The highest BCUT2D eigenvalue weighted by molar-refractivity contribution is 5.77. The second-order valence-electron chi connectivity index (χ2n) is 6.37. The van der Waals surface area contributed by atoms with Gasteiger partial charge in [-0.3, -0.25) is 4.79 Å². The highest BCUT2D eigenvalue weighted by Crippen LogP contribution is 2.36. The molecule has 0 bridgehead atoms. The molecule has 104 valence electrons. The average Bonchev–Trinajstić information content (AvgIpc) is 2.36. The van der Waals surface area contributed by atoms with E-state index in [0.717, 1.165) is 31.5 Å². The van der Waals surface area contributed by atoms with Crippen molar-refractivity contribution < 1.29 is 9.90 Å². The van der Waals surface area contributed by atoms with Gasteiger partial charge < -0.3 is 15.7 Å². The molecule has 0 aromatic carbocycles. The maximum absolute atomic E-state index is 11.0. The molecule has 3 N–H and O–H groups in total. The lowest BCUT2D eigenvalue weighted by Crippen LogP contribution is -2.49. The number of aliphatic carboxylic acids is 1. The van der Waals surface area contributed by atoms with Crippen molar-refractivity contribution in [3.63, 3.8) is 0 Å². The van der Waals surface area contributed by atoms with Crippen LogP contribution in [0, 0.1) is 11.8 Å². The fraction of sp³-hybridized carbons (Fsp3) is 0.929. The Kier molecular flexibility index (Phi) is 4.28. The Labute approximate surface area is 110 Å². The lowest BCUT2D eigenvalue weighted by atomic mass is 9.75. The molecule has 1 saturated carbocycles. The van der Waals surface area contributed by atoms with Crippen LogP contribution in [0.3, 0.4) is 0 Å². The molecule has 3 unspecified atom stereocenters. The summed E-state index contributed by atoms with van der Waals surface area (Å²) in [5, 5.41) is 9.01. The number of carboxylic acids is 1. The van der Waals surface area contributed by atoms with E-state index in [1.807, 2.05) is 0 Å². The molecule has 1 aliphatic carbocycles. The summed E-state index contributed by atoms with van der Waals surface area (Å²) in [6, 6.07) is 0. The SMILES string of the molecule is CC(N)(CCN1CCC2CCCCC2C1)C(=O)O. The first-order valence-corrected chi connectivity index (χ1v) is 7.23. The minimum absolute atomic E-state index is 0.541. The maximum Gasteiger partial charge on any atom is 0.323 e. The molecule has 0 spiro atoms. The first kappa shape index (κ1) is 13.8. The van der Waals surface area contributed by atoms with Gasteiger partial charge in [0.2, 0.25) is 0 Å². The van der Waals surface area contributed by atoms with Crippen molar-refractivity contribution in [1.29, 1.82) is 0 Å². The Morgan fingerprint density at radius 2 is 2.00 bits per heavy atom. The van der Waals surface area contributed by atoms with Gasteiger partial charge in [0.25, 0.3) is 0 Å². The zero-order valence-corrected chi connectivity index (χ0v) is 11.4. The van der Waals surface area contributed by atoms with Gasteiger partial charge in [0, 0.05) is 13.1 Å². The van der Waals surface area contributed by atoms with Gasteiger partial charge in [-0.15, -0.1) is 0 Å². The second-order valence-corrected chi connectivity index (χ2v) is 6.37. The highest BCUT2D eigenvalue weighted by Gasteiger charge is 2.33. The van der Waals surface area contributed by atoms with Gasteiger partial charge in [-0.25, -0.2) is 0 Å². The normalized spacial score (nSPS) is 32.6. The van der Waals surface area contributed by atoms with Gasteiger partial charge >= 0.3 is 5.97 Å². The van der Waals surface area contributed by atoms with Crippen molar-refractivity contribution >= 4 is 5.97 Å². The Morgan fingerprint density at radius 3 is 2.67 bits per heavy atom. The number of fused-ring (bicyclic) bond motifs is 1. The molecule has 0 aromatic heterocycles. The van der Waals surface area contributed by atoms with E-state index in [1.54, 1.807) is 6.92 Å². The third-order valence-corrected chi connectivity index (χ3v) is 4.81. The number of nitrogens with zero attached hydrogens (tertiary/aromatic N) is 1. The molecule has 18 heavy (non-hydrogen) atoms. The molecule has 2 aliphatic rings. The van der Waals surface area contributed by atoms with E-state index in [2.05, 4.69) is 4.90 Å². The Hall–Kier alpha value is -0.610. The third kappa shape index (κ3) is 3.23. The van der Waals surface area contributed by atoms with Crippen LogP contribution in [-0.4, -0.2) is 41.1 Å². The first-order chi connectivity index (χ1) is 8.49. The molecule has 1 saturated heterocycles. The molecular weight excluding hydrogens is 228 g/mol. The highest BCUT2D eigenvalue weighted by atomic mass is 16.4. The zero-order chi connectivity index (χ0) is 13.2. The number of likely N-dealkylation sites (tertiary alicyclic amines) is 1. The van der Waals surface area contributed by atoms with Crippen LogP contribution < -0.4 is 5.73 Å². The molecule has 3 atom stereocenters. The number of carboxylic acid groups (broad SMARTS) is 1. The predicted molar refractivity (Wildman–Crippen MR) is 71.4 cm³/mol. The van der Waals surface area contributed by atoms with Gasteiger partial charge in [-0.1, -0.05) is 19.3 Å². The number of piperidine rings is 1. The number of hydrogen-bond acceptors (Lipinski definition) is 3.